The Labute approximate surface area is 210 Å². The third kappa shape index (κ3) is 5.42. The molecule has 0 spiro atoms. The van der Waals surface area contributed by atoms with Crippen LogP contribution in [0.15, 0.2) is 26.0 Å². The number of hydrogen-bond donors (Lipinski definition) is 3. The third-order valence-electron chi connectivity index (χ3n) is 6.59. The number of amides is 1. The van der Waals surface area contributed by atoms with E-state index in [4.69, 9.17) is 0 Å². The number of carbonyl (C=O) groups excluding carboxylic acids is 1. The smallest absolute Gasteiger partial charge is 0.287 e. The summed E-state index contributed by atoms with van der Waals surface area (Å²) in [5.74, 6) is -0.973. The number of nitrogens with one attached hydrogen (secondary N) is 2. The lowest BCUT2D eigenvalue weighted by Crippen LogP contribution is -2.53. The molecule has 2 aliphatic heterocycles. The van der Waals surface area contributed by atoms with E-state index in [1.54, 1.807) is 4.90 Å². The van der Waals surface area contributed by atoms with E-state index in [1.165, 1.54) is 5.38 Å². The maximum Gasteiger partial charge on any atom is 0.287 e. The normalized spacial score (nSPS) is 24.5. The van der Waals surface area contributed by atoms with Crippen molar-refractivity contribution in [2.45, 2.75) is 70.4 Å². The van der Waals surface area contributed by atoms with E-state index in [0.29, 0.717) is 13.0 Å². The molecule has 1 fully saturated rings. The molecule has 194 valence electrons. The van der Waals surface area contributed by atoms with Crippen LogP contribution in [0.2, 0.25) is 0 Å². The van der Waals surface area contributed by atoms with Gasteiger partial charge in [-0.2, -0.15) is 8.42 Å². The Morgan fingerprint density at radius 2 is 1.97 bits per heavy atom. The predicted octanol–water partition coefficient (Wildman–Crippen LogP) is 2.96. The van der Waals surface area contributed by atoms with Gasteiger partial charge in [0.15, 0.2) is 5.84 Å². The summed E-state index contributed by atoms with van der Waals surface area (Å²) in [6.07, 6.45) is 5.15. The number of sulfonamides is 2. The maximum absolute atomic E-state index is 13.7. The van der Waals surface area contributed by atoms with Crippen LogP contribution in [0, 0.1) is 11.3 Å². The summed E-state index contributed by atoms with van der Waals surface area (Å²) in [5, 5.41) is 15.9. The van der Waals surface area contributed by atoms with Crippen LogP contribution in [-0.4, -0.2) is 57.4 Å². The maximum atomic E-state index is 13.7. The average molecular weight is 545 g/mol. The Morgan fingerprint density at radius 1 is 1.29 bits per heavy atom. The minimum Gasteiger partial charge on any atom is -0.511 e. The summed E-state index contributed by atoms with van der Waals surface area (Å²) in [5.41, 5.74) is 0.165. The van der Waals surface area contributed by atoms with Gasteiger partial charge in [-0.15, -0.1) is 15.7 Å². The highest BCUT2D eigenvalue weighted by molar-refractivity contribution is 7.91. The van der Waals surface area contributed by atoms with Gasteiger partial charge in [-0.25, -0.2) is 13.1 Å². The van der Waals surface area contributed by atoms with Gasteiger partial charge in [0.05, 0.1) is 6.26 Å². The molecule has 3 N–H and O–H groups in total. The first-order valence-electron chi connectivity index (χ1n) is 11.6. The second kappa shape index (κ2) is 9.16. The van der Waals surface area contributed by atoms with Crippen LogP contribution in [0.3, 0.4) is 0 Å². The first-order chi connectivity index (χ1) is 16.2. The number of thiophene rings is 1. The van der Waals surface area contributed by atoms with Gasteiger partial charge in [0.2, 0.25) is 10.0 Å². The minimum absolute atomic E-state index is 0.0000338. The number of aliphatic hydroxyl groups is 1. The number of amidine groups is 1. The molecule has 3 aliphatic rings. The minimum atomic E-state index is -4.24. The van der Waals surface area contributed by atoms with Crippen molar-refractivity contribution in [3.05, 3.63) is 22.3 Å². The Kier molecular flexibility index (Phi) is 6.84. The monoisotopic (exact) mass is 544 g/mol. The summed E-state index contributed by atoms with van der Waals surface area (Å²) in [4.78, 5) is 15.3. The molecule has 0 aromatic carbocycles. The van der Waals surface area contributed by atoms with Gasteiger partial charge in [-0.3, -0.25) is 4.79 Å². The van der Waals surface area contributed by atoms with E-state index in [0.717, 1.165) is 43.3 Å². The first kappa shape index (κ1) is 26.1. The van der Waals surface area contributed by atoms with Crippen LogP contribution in [0.25, 0.3) is 0 Å². The summed E-state index contributed by atoms with van der Waals surface area (Å²) < 4.78 is 55.4. The van der Waals surface area contributed by atoms with Crippen LogP contribution in [0.4, 0.5) is 5.00 Å². The van der Waals surface area contributed by atoms with E-state index in [2.05, 4.69) is 35.2 Å². The molecule has 1 aromatic heterocycles. The fourth-order valence-corrected chi connectivity index (χ4v) is 7.85. The largest absolute Gasteiger partial charge is 0.511 e. The topological polar surface area (TPSA) is 145 Å². The number of carbonyl (C=O) groups is 1. The van der Waals surface area contributed by atoms with Crippen LogP contribution >= 0.6 is 11.3 Å². The number of fused-ring (bicyclic) bond motifs is 2. The van der Waals surface area contributed by atoms with Crippen LogP contribution < -0.4 is 10.0 Å². The molecule has 3 heterocycles. The van der Waals surface area contributed by atoms with Crippen molar-refractivity contribution >= 4 is 48.1 Å². The summed E-state index contributed by atoms with van der Waals surface area (Å²) in [6, 6.07) is -0.117. The predicted molar refractivity (Wildman–Crippen MR) is 135 cm³/mol. The molecular weight excluding hydrogens is 512 g/mol. The highest BCUT2D eigenvalue weighted by Crippen LogP contribution is 2.42. The standard InChI is InChI=1S/C22H32N4O6S3/c1-22(2,3)9-10-26-15-8-6-5-7-14(15)17(27)16(21(26)28)19-24-20-18(35(31,32)25-19)13(12-33-20)11-23-34(4,29)30/h12,14-15,23,27H,5-11H2,1-4H3,(H,24,25)/t14-,15+/m0/s1. The highest BCUT2D eigenvalue weighted by atomic mass is 32.2. The Morgan fingerprint density at radius 3 is 2.63 bits per heavy atom. The summed E-state index contributed by atoms with van der Waals surface area (Å²) in [6.45, 7) is 6.60. The summed E-state index contributed by atoms with van der Waals surface area (Å²) in [7, 11) is -7.77. The number of aliphatic hydroxyl groups excluding tert-OH is 1. The molecular formula is C22H32N4O6S3. The second-order valence-electron chi connectivity index (χ2n) is 10.6. The van der Waals surface area contributed by atoms with E-state index in [9.17, 15) is 26.7 Å². The lowest BCUT2D eigenvalue weighted by atomic mass is 9.77. The van der Waals surface area contributed by atoms with Gasteiger partial charge >= 0.3 is 0 Å². The highest BCUT2D eigenvalue weighted by Gasteiger charge is 2.46. The van der Waals surface area contributed by atoms with Gasteiger partial charge < -0.3 is 15.3 Å². The zero-order valence-corrected chi connectivity index (χ0v) is 22.7. The number of rotatable bonds is 6. The number of hydrogen-bond acceptors (Lipinski definition) is 8. The molecule has 13 heteroatoms. The van der Waals surface area contributed by atoms with Crippen molar-refractivity contribution in [1.29, 1.82) is 0 Å². The molecule has 0 unspecified atom stereocenters. The third-order valence-corrected chi connectivity index (χ3v) is 9.74. The average Bonchev–Trinajstić information content (AvgIpc) is 3.15. The lowest BCUT2D eigenvalue weighted by molar-refractivity contribution is -0.133. The zero-order chi connectivity index (χ0) is 25.8. The Hall–Kier alpha value is -1.96. The van der Waals surface area contributed by atoms with Gasteiger partial charge in [0, 0.05) is 30.6 Å². The molecule has 0 radical (unpaired) electrons. The molecule has 1 aromatic rings. The van der Waals surface area contributed by atoms with Gasteiger partial charge in [0.1, 0.15) is 21.2 Å². The molecule has 10 nitrogen and oxygen atoms in total. The van der Waals surface area contributed by atoms with Crippen molar-refractivity contribution < 1.29 is 26.7 Å². The van der Waals surface area contributed by atoms with Crippen molar-refractivity contribution in [3.8, 4) is 0 Å². The van der Waals surface area contributed by atoms with Crippen molar-refractivity contribution in [2.24, 2.45) is 15.7 Å². The molecule has 2 atom stereocenters. The second-order valence-corrected chi connectivity index (χ2v) is 14.8. The molecule has 1 saturated carbocycles. The van der Waals surface area contributed by atoms with E-state index >= 15 is 0 Å². The number of nitrogens with zero attached hydrogens (tertiary/aromatic N) is 2. The number of anilines is 1. The van der Waals surface area contributed by atoms with E-state index < -0.39 is 26.0 Å². The van der Waals surface area contributed by atoms with Crippen molar-refractivity contribution in [1.82, 2.24) is 9.62 Å². The van der Waals surface area contributed by atoms with Crippen molar-refractivity contribution in [3.63, 3.8) is 0 Å². The molecule has 0 bridgehead atoms. The van der Waals surface area contributed by atoms with Crippen LogP contribution in [0.1, 0.15) is 58.4 Å². The summed E-state index contributed by atoms with van der Waals surface area (Å²) >= 11 is 1.08. The molecule has 0 saturated heterocycles. The molecule has 35 heavy (non-hydrogen) atoms. The Balaban J connectivity index is 1.71. The molecule has 1 aliphatic carbocycles. The van der Waals surface area contributed by atoms with Gasteiger partial charge in [-0.05, 0) is 30.1 Å². The van der Waals surface area contributed by atoms with E-state index in [1.807, 2.05) is 0 Å². The first-order valence-corrected chi connectivity index (χ1v) is 15.8. The van der Waals surface area contributed by atoms with Gasteiger partial charge in [0.25, 0.3) is 15.9 Å². The zero-order valence-electron chi connectivity index (χ0n) is 20.3. The van der Waals surface area contributed by atoms with E-state index in [-0.39, 0.29) is 56.5 Å². The fraction of sp³-hybridized carbons (Fsp3) is 0.636. The lowest BCUT2D eigenvalue weighted by Gasteiger charge is -2.45. The quantitative estimate of drug-likeness (QED) is 0.499. The van der Waals surface area contributed by atoms with Crippen LogP contribution in [0.5, 0.6) is 0 Å². The van der Waals surface area contributed by atoms with Crippen molar-refractivity contribution in [2.75, 3.05) is 18.1 Å². The fourth-order valence-electron chi connectivity index (χ4n) is 4.83. The SMILES string of the molecule is CC(C)(C)CCN1C(=O)C(C2=NS(=O)(=O)c3c(CNS(C)(=O)=O)csc3N2)=C(O)[C@H]2CCCC[C@H]21. The Bertz CT molecular complexity index is 1300. The molecule has 1 amide bonds. The molecule has 4 rings (SSSR count). The van der Waals surface area contributed by atoms with Gasteiger partial charge in [-0.1, -0.05) is 33.6 Å². The van der Waals surface area contributed by atoms with Crippen LogP contribution in [-0.2, 0) is 31.4 Å².